The van der Waals surface area contributed by atoms with Crippen LogP contribution in [0.4, 0.5) is 0 Å². The molecule has 0 bridgehead atoms. The topological polar surface area (TPSA) is 61.7 Å². The molecule has 14 aromatic rings. The largest absolute Gasteiger partial charge is 0.456 e. The van der Waals surface area contributed by atoms with Gasteiger partial charge < -0.3 is 13.6 Å². The number of para-hydroxylation sites is 4. The predicted octanol–water partition coefficient (Wildman–Crippen LogP) is 15.3. The van der Waals surface area contributed by atoms with Crippen LogP contribution in [-0.2, 0) is 0 Å². The number of hydrogen-bond acceptors (Lipinski definition) is 4. The van der Waals surface area contributed by atoms with E-state index in [1.54, 1.807) is 0 Å². The van der Waals surface area contributed by atoms with Gasteiger partial charge in [0.25, 0.3) is 0 Å². The van der Waals surface area contributed by atoms with Crippen molar-refractivity contribution in [2.75, 3.05) is 0 Å². The average molecular weight is 830 g/mol. The van der Waals surface area contributed by atoms with Crippen LogP contribution in [0.1, 0.15) is 0 Å². The van der Waals surface area contributed by atoms with Gasteiger partial charge in [-0.25, -0.2) is 15.0 Å². The van der Waals surface area contributed by atoms with Crippen molar-refractivity contribution in [3.8, 4) is 45.5 Å². The number of nitrogens with zero attached hydrogens (tertiary/aromatic N) is 5. The minimum absolute atomic E-state index is 0.561. The Morgan fingerprint density at radius 1 is 0.292 bits per heavy atom. The van der Waals surface area contributed by atoms with Crippen molar-refractivity contribution < 1.29 is 4.42 Å². The van der Waals surface area contributed by atoms with Crippen molar-refractivity contribution in [3.05, 3.63) is 212 Å². The second-order valence-corrected chi connectivity index (χ2v) is 16.8. The summed E-state index contributed by atoms with van der Waals surface area (Å²) in [6.45, 7) is 0. The third-order valence-corrected chi connectivity index (χ3v) is 13.1. The number of hydrogen-bond donors (Lipinski definition) is 0. The van der Waals surface area contributed by atoms with E-state index in [2.05, 4.69) is 209 Å². The minimum atomic E-state index is 0.561. The van der Waals surface area contributed by atoms with Gasteiger partial charge in [-0.3, -0.25) is 0 Å². The monoisotopic (exact) mass is 829 g/mol. The Hall–Kier alpha value is -8.87. The van der Waals surface area contributed by atoms with E-state index in [0.717, 1.165) is 93.6 Å². The second-order valence-electron chi connectivity index (χ2n) is 16.8. The Balaban J connectivity index is 1.10. The SMILES string of the molecule is c1ccc(-n2c3ccccc3c3c(-c4nc(-c5cccc6ccccc56)nc(-c5cc(-n6c7ccccc7c7cc8ccccc8cc76)cc6oc7ccccc7c56)n4)cccc32)cc1. The molecule has 10 aromatic carbocycles. The molecule has 302 valence electrons. The molecule has 0 spiro atoms. The zero-order valence-electron chi connectivity index (χ0n) is 34.9. The minimum Gasteiger partial charge on any atom is -0.456 e. The molecule has 0 aliphatic carbocycles. The number of fused-ring (bicyclic) bond motifs is 11. The fourth-order valence-corrected chi connectivity index (χ4v) is 10.3. The van der Waals surface area contributed by atoms with Crippen LogP contribution < -0.4 is 0 Å². The molecule has 0 atom stereocenters. The molecule has 0 fully saturated rings. The molecular formula is C59H35N5O. The average Bonchev–Trinajstić information content (AvgIpc) is 4.03. The highest BCUT2D eigenvalue weighted by molar-refractivity contribution is 6.17. The van der Waals surface area contributed by atoms with Crippen molar-refractivity contribution in [1.29, 1.82) is 0 Å². The van der Waals surface area contributed by atoms with Gasteiger partial charge in [0.1, 0.15) is 11.2 Å². The predicted molar refractivity (Wildman–Crippen MR) is 267 cm³/mol. The van der Waals surface area contributed by atoms with Crippen LogP contribution in [0.2, 0.25) is 0 Å². The molecule has 0 aliphatic rings. The summed E-state index contributed by atoms with van der Waals surface area (Å²) in [6.07, 6.45) is 0. The molecule has 0 N–H and O–H groups in total. The smallest absolute Gasteiger partial charge is 0.164 e. The Morgan fingerprint density at radius 2 is 0.846 bits per heavy atom. The van der Waals surface area contributed by atoms with Crippen molar-refractivity contribution in [1.82, 2.24) is 24.1 Å². The van der Waals surface area contributed by atoms with Gasteiger partial charge in [-0.05, 0) is 76.1 Å². The van der Waals surface area contributed by atoms with Crippen molar-refractivity contribution in [2.45, 2.75) is 0 Å². The molecule has 0 radical (unpaired) electrons. The molecule has 0 unspecified atom stereocenters. The first-order valence-electron chi connectivity index (χ1n) is 21.9. The lowest BCUT2D eigenvalue weighted by molar-refractivity contribution is 0.668. The first-order chi connectivity index (χ1) is 32.2. The summed E-state index contributed by atoms with van der Waals surface area (Å²) in [7, 11) is 0. The number of rotatable bonds is 5. The standard InChI is InChI=1S/C59H35N5O/c1-2-20-39(21-3-1)63-50-29-12-9-24-44(50)55-46(27-15-30-51(55)63)58-60-57(43-26-14-19-36-16-6-7-22-41(36)43)61-59(62-58)48-34-40(35-54-56(48)45-25-10-13-31-53(45)65-54)64-49-28-11-8-23-42(49)47-32-37-17-4-5-18-38(37)33-52(47)64/h1-35H. The van der Waals surface area contributed by atoms with Gasteiger partial charge in [-0.15, -0.1) is 0 Å². The fourth-order valence-electron chi connectivity index (χ4n) is 10.3. The van der Waals surface area contributed by atoms with Crippen molar-refractivity contribution in [2.24, 2.45) is 0 Å². The van der Waals surface area contributed by atoms with Gasteiger partial charge >= 0.3 is 0 Å². The van der Waals surface area contributed by atoms with Crippen molar-refractivity contribution in [3.63, 3.8) is 0 Å². The summed E-state index contributed by atoms with van der Waals surface area (Å²) in [5, 5.41) is 11.1. The lowest BCUT2D eigenvalue weighted by atomic mass is 10.0. The molecule has 4 aromatic heterocycles. The maximum absolute atomic E-state index is 6.80. The van der Waals surface area contributed by atoms with E-state index in [4.69, 9.17) is 19.4 Å². The van der Waals surface area contributed by atoms with Crippen LogP contribution in [-0.4, -0.2) is 24.1 Å². The Bertz CT molecular complexity index is 4250. The zero-order chi connectivity index (χ0) is 42.6. The lowest BCUT2D eigenvalue weighted by Crippen LogP contribution is -2.02. The maximum Gasteiger partial charge on any atom is 0.164 e. The molecule has 6 heteroatoms. The summed E-state index contributed by atoms with van der Waals surface area (Å²) in [5.41, 5.74) is 10.7. The molecule has 0 amide bonds. The Kier molecular flexibility index (Phi) is 7.59. The highest BCUT2D eigenvalue weighted by atomic mass is 16.3. The lowest BCUT2D eigenvalue weighted by Gasteiger charge is -2.14. The number of aromatic nitrogens is 5. The first kappa shape index (κ1) is 35.7. The van der Waals surface area contributed by atoms with Gasteiger partial charge in [0.2, 0.25) is 0 Å². The van der Waals surface area contributed by atoms with Crippen LogP contribution in [0.15, 0.2) is 217 Å². The normalized spacial score (nSPS) is 12.0. The second kappa shape index (κ2) is 13.8. The molecule has 65 heavy (non-hydrogen) atoms. The van der Waals surface area contributed by atoms with E-state index in [9.17, 15) is 0 Å². The molecule has 6 nitrogen and oxygen atoms in total. The molecule has 0 aliphatic heterocycles. The van der Waals surface area contributed by atoms with Crippen LogP contribution in [0.5, 0.6) is 0 Å². The summed E-state index contributed by atoms with van der Waals surface area (Å²) in [5.74, 6) is 1.75. The third-order valence-electron chi connectivity index (χ3n) is 13.1. The number of furan rings is 1. The van der Waals surface area contributed by atoms with E-state index in [-0.39, 0.29) is 0 Å². The van der Waals surface area contributed by atoms with Gasteiger partial charge in [-0.1, -0.05) is 152 Å². The maximum atomic E-state index is 6.80. The molecule has 4 heterocycles. The van der Waals surface area contributed by atoms with Crippen LogP contribution in [0.25, 0.3) is 133 Å². The summed E-state index contributed by atoms with van der Waals surface area (Å²) in [6, 6.07) is 74.9. The van der Waals surface area contributed by atoms with E-state index >= 15 is 0 Å². The van der Waals surface area contributed by atoms with E-state index in [1.807, 2.05) is 12.1 Å². The molecular weight excluding hydrogens is 795 g/mol. The molecule has 0 saturated carbocycles. The van der Waals surface area contributed by atoms with Crippen LogP contribution >= 0.6 is 0 Å². The zero-order valence-corrected chi connectivity index (χ0v) is 34.9. The van der Waals surface area contributed by atoms with Gasteiger partial charge in [0.05, 0.1) is 27.8 Å². The van der Waals surface area contributed by atoms with Crippen molar-refractivity contribution >= 4 is 87.1 Å². The van der Waals surface area contributed by atoms with E-state index < -0.39 is 0 Å². The third kappa shape index (κ3) is 5.38. The highest BCUT2D eigenvalue weighted by Crippen LogP contribution is 2.43. The van der Waals surface area contributed by atoms with Crippen LogP contribution in [0, 0.1) is 0 Å². The van der Waals surface area contributed by atoms with Gasteiger partial charge in [0.15, 0.2) is 17.5 Å². The summed E-state index contributed by atoms with van der Waals surface area (Å²) in [4.78, 5) is 16.5. The summed E-state index contributed by atoms with van der Waals surface area (Å²) < 4.78 is 11.5. The number of benzene rings is 10. The Morgan fingerprint density at radius 3 is 1.66 bits per heavy atom. The van der Waals surface area contributed by atoms with E-state index in [1.165, 1.54) is 21.5 Å². The van der Waals surface area contributed by atoms with E-state index in [0.29, 0.717) is 17.5 Å². The first-order valence-corrected chi connectivity index (χ1v) is 21.9. The fraction of sp³-hybridized carbons (Fsp3) is 0. The van der Waals surface area contributed by atoms with Gasteiger partial charge in [-0.2, -0.15) is 0 Å². The van der Waals surface area contributed by atoms with Crippen LogP contribution in [0.3, 0.4) is 0 Å². The Labute approximate surface area is 371 Å². The summed E-state index contributed by atoms with van der Waals surface area (Å²) >= 11 is 0. The molecule has 0 saturated heterocycles. The quantitative estimate of drug-likeness (QED) is 0.173. The highest BCUT2D eigenvalue weighted by Gasteiger charge is 2.24. The van der Waals surface area contributed by atoms with Gasteiger partial charge in [0, 0.05) is 60.8 Å². The molecule has 14 rings (SSSR count).